The fourth-order valence-electron chi connectivity index (χ4n) is 4.96. The van der Waals surface area contributed by atoms with Crippen molar-refractivity contribution in [3.8, 4) is 0 Å². The van der Waals surface area contributed by atoms with Crippen LogP contribution in [-0.2, 0) is 14.4 Å². The molecule has 3 fully saturated rings. The zero-order valence-corrected chi connectivity index (χ0v) is 17.2. The molecule has 2 heterocycles. The molecule has 1 aromatic rings. The van der Waals surface area contributed by atoms with E-state index < -0.39 is 17.9 Å². The molecule has 0 radical (unpaired) electrons. The lowest BCUT2D eigenvalue weighted by Crippen LogP contribution is -2.46. The lowest BCUT2D eigenvalue weighted by atomic mass is 9.89. The lowest BCUT2D eigenvalue weighted by molar-refractivity contribution is -0.144. The Morgan fingerprint density at radius 3 is 2.69 bits per heavy atom. The number of nitrogens with zero attached hydrogens (tertiary/aromatic N) is 2. The van der Waals surface area contributed by atoms with E-state index in [2.05, 4.69) is 10.3 Å². The summed E-state index contributed by atoms with van der Waals surface area (Å²) in [6.45, 7) is 0.573. The monoisotopic (exact) mass is 420 g/mol. The lowest BCUT2D eigenvalue weighted by Gasteiger charge is -2.29. The van der Waals surface area contributed by atoms with E-state index in [4.69, 9.17) is 5.21 Å². The Kier molecular flexibility index (Phi) is 5.87. The second-order valence-corrected chi connectivity index (χ2v) is 9.73. The molecule has 4 rings (SSSR count). The summed E-state index contributed by atoms with van der Waals surface area (Å²) < 4.78 is 0. The second-order valence-electron chi connectivity index (χ2n) is 8.83. The van der Waals surface area contributed by atoms with Crippen molar-refractivity contribution in [1.29, 1.82) is 0 Å². The van der Waals surface area contributed by atoms with Gasteiger partial charge < -0.3 is 10.2 Å². The average Bonchev–Trinajstić information content (AvgIpc) is 3.13. The number of rotatable bonds is 7. The number of nitrogens with one attached hydrogen (secondary N) is 2. The molecule has 8 nitrogen and oxygen atoms in total. The Hall–Kier alpha value is -2.00. The number of thiazole rings is 1. The number of amides is 3. The summed E-state index contributed by atoms with van der Waals surface area (Å²) in [5.74, 6) is -0.970. The van der Waals surface area contributed by atoms with E-state index in [1.54, 1.807) is 22.0 Å². The Balaban J connectivity index is 1.50. The Morgan fingerprint density at radius 2 is 2.07 bits per heavy atom. The van der Waals surface area contributed by atoms with Crippen LogP contribution in [0.3, 0.4) is 0 Å². The number of aromatic nitrogens is 1. The molecule has 0 bridgehead atoms. The summed E-state index contributed by atoms with van der Waals surface area (Å²) in [4.78, 5) is 44.1. The van der Waals surface area contributed by atoms with Gasteiger partial charge in [-0.25, -0.2) is 10.5 Å². The molecule has 3 aliphatic rings. The van der Waals surface area contributed by atoms with Crippen LogP contribution in [0.1, 0.15) is 57.8 Å². The van der Waals surface area contributed by atoms with Crippen molar-refractivity contribution >= 4 is 34.2 Å². The highest BCUT2D eigenvalue weighted by molar-refractivity contribution is 7.13. The van der Waals surface area contributed by atoms with Gasteiger partial charge in [0.2, 0.25) is 17.7 Å². The number of anilines is 1. The van der Waals surface area contributed by atoms with Gasteiger partial charge >= 0.3 is 0 Å². The maximum atomic E-state index is 13.5. The summed E-state index contributed by atoms with van der Waals surface area (Å²) in [5, 5.41) is 14.1. The minimum absolute atomic E-state index is 0.0455. The summed E-state index contributed by atoms with van der Waals surface area (Å²) in [5.41, 5.74) is 1.72. The Bertz CT molecular complexity index is 759. The van der Waals surface area contributed by atoms with Crippen molar-refractivity contribution in [2.45, 2.75) is 63.8 Å². The third kappa shape index (κ3) is 4.61. The van der Waals surface area contributed by atoms with Gasteiger partial charge in [0, 0.05) is 30.5 Å². The third-order valence-electron chi connectivity index (χ3n) is 6.71. The van der Waals surface area contributed by atoms with Crippen molar-refractivity contribution in [3.63, 3.8) is 0 Å². The van der Waals surface area contributed by atoms with Crippen molar-refractivity contribution in [2.24, 2.45) is 17.3 Å². The summed E-state index contributed by atoms with van der Waals surface area (Å²) in [6, 6.07) is -0.530. The van der Waals surface area contributed by atoms with Crippen molar-refractivity contribution in [2.75, 3.05) is 11.9 Å². The van der Waals surface area contributed by atoms with E-state index in [0.717, 1.165) is 38.5 Å². The molecule has 2 atom stereocenters. The van der Waals surface area contributed by atoms with Crippen LogP contribution in [-0.4, -0.2) is 45.4 Å². The van der Waals surface area contributed by atoms with Crippen molar-refractivity contribution in [1.82, 2.24) is 15.4 Å². The minimum atomic E-state index is -0.550. The second kappa shape index (κ2) is 8.39. The fourth-order valence-corrected chi connectivity index (χ4v) is 5.49. The van der Waals surface area contributed by atoms with E-state index in [-0.39, 0.29) is 23.7 Å². The molecule has 158 valence electrons. The van der Waals surface area contributed by atoms with Gasteiger partial charge in [-0.05, 0) is 37.0 Å². The number of likely N-dealkylation sites (tertiary alicyclic amines) is 1. The summed E-state index contributed by atoms with van der Waals surface area (Å²) >= 11 is 1.35. The molecule has 3 amide bonds. The van der Waals surface area contributed by atoms with Crippen LogP contribution in [0.2, 0.25) is 0 Å². The van der Waals surface area contributed by atoms with Gasteiger partial charge in [-0.2, -0.15) is 0 Å². The maximum Gasteiger partial charge on any atom is 0.248 e. The van der Waals surface area contributed by atoms with Gasteiger partial charge in [0.25, 0.3) is 0 Å². The van der Waals surface area contributed by atoms with Gasteiger partial charge in [0.15, 0.2) is 5.13 Å². The predicted octanol–water partition coefficient (Wildman–Crippen LogP) is 2.55. The molecule has 1 unspecified atom stereocenters. The first-order valence-corrected chi connectivity index (χ1v) is 11.3. The first-order chi connectivity index (χ1) is 14.0. The van der Waals surface area contributed by atoms with Crippen molar-refractivity contribution in [3.05, 3.63) is 11.6 Å². The molecular weight excluding hydrogens is 392 g/mol. The summed E-state index contributed by atoms with van der Waals surface area (Å²) in [7, 11) is 0. The van der Waals surface area contributed by atoms with Crippen LogP contribution >= 0.6 is 11.3 Å². The molecule has 1 aromatic heterocycles. The predicted molar refractivity (Wildman–Crippen MR) is 107 cm³/mol. The third-order valence-corrected chi connectivity index (χ3v) is 7.40. The average molecular weight is 421 g/mol. The molecule has 9 heteroatoms. The smallest absolute Gasteiger partial charge is 0.248 e. The van der Waals surface area contributed by atoms with Crippen LogP contribution in [0.25, 0.3) is 0 Å². The standard InChI is InChI=1S/C20H28N4O4S/c25-16(23-28)10-14(9-13-3-1-2-4-13)18(27)24-12-20(5-6-20)11-15(24)17(26)22-19-21-7-8-29-19/h7-8,13-15,28H,1-6,9-12H2,(H,23,25)(H,21,22,26)/t14?,15-/m0/s1. The molecule has 2 aliphatic carbocycles. The van der Waals surface area contributed by atoms with E-state index in [1.807, 2.05) is 0 Å². The highest BCUT2D eigenvalue weighted by Crippen LogP contribution is 2.55. The van der Waals surface area contributed by atoms with Crippen LogP contribution in [0, 0.1) is 17.3 Å². The zero-order valence-electron chi connectivity index (χ0n) is 16.4. The molecule has 2 saturated carbocycles. The van der Waals surface area contributed by atoms with E-state index in [9.17, 15) is 14.4 Å². The van der Waals surface area contributed by atoms with Gasteiger partial charge in [-0.1, -0.05) is 25.7 Å². The number of hydrogen-bond donors (Lipinski definition) is 3. The number of hydrogen-bond acceptors (Lipinski definition) is 6. The number of hydroxylamine groups is 1. The van der Waals surface area contributed by atoms with E-state index in [1.165, 1.54) is 11.3 Å². The first-order valence-electron chi connectivity index (χ1n) is 10.4. The first kappa shape index (κ1) is 20.3. The van der Waals surface area contributed by atoms with Gasteiger partial charge in [-0.3, -0.25) is 19.6 Å². The SMILES string of the molecule is O=C(CC(CC1CCCC1)C(=O)N1CC2(CC2)C[C@H]1C(=O)Nc1nccs1)NO. The zero-order chi connectivity index (χ0) is 20.4. The summed E-state index contributed by atoms with van der Waals surface area (Å²) in [6.07, 6.45) is 9.40. The molecule has 1 saturated heterocycles. The maximum absolute atomic E-state index is 13.5. The van der Waals surface area contributed by atoms with Crippen molar-refractivity contribution < 1.29 is 19.6 Å². The number of carbonyl (C=O) groups is 3. The molecule has 3 N–H and O–H groups in total. The normalized spacial score (nSPS) is 23.9. The fraction of sp³-hybridized carbons (Fsp3) is 0.700. The van der Waals surface area contributed by atoms with Gasteiger partial charge in [0.1, 0.15) is 6.04 Å². The molecular formula is C20H28N4O4S. The number of carbonyl (C=O) groups excluding carboxylic acids is 3. The van der Waals surface area contributed by atoms with Crippen LogP contribution in [0.15, 0.2) is 11.6 Å². The highest BCUT2D eigenvalue weighted by Gasteiger charge is 2.55. The topological polar surface area (TPSA) is 112 Å². The molecule has 29 heavy (non-hydrogen) atoms. The minimum Gasteiger partial charge on any atom is -0.330 e. The molecule has 1 spiro atoms. The van der Waals surface area contributed by atoms with E-state index in [0.29, 0.717) is 30.4 Å². The molecule has 1 aliphatic heterocycles. The Morgan fingerprint density at radius 1 is 1.31 bits per heavy atom. The molecule has 0 aromatic carbocycles. The Labute approximate surface area is 174 Å². The largest absolute Gasteiger partial charge is 0.330 e. The van der Waals surface area contributed by atoms with Crippen LogP contribution in [0.5, 0.6) is 0 Å². The van der Waals surface area contributed by atoms with Crippen LogP contribution in [0.4, 0.5) is 5.13 Å². The van der Waals surface area contributed by atoms with E-state index >= 15 is 0 Å². The van der Waals surface area contributed by atoms with Gasteiger partial charge in [-0.15, -0.1) is 11.3 Å². The highest BCUT2D eigenvalue weighted by atomic mass is 32.1. The quantitative estimate of drug-likeness (QED) is 0.464. The van der Waals surface area contributed by atoms with Gasteiger partial charge in [0.05, 0.1) is 0 Å². The van der Waals surface area contributed by atoms with Crippen LogP contribution < -0.4 is 10.8 Å².